The third-order valence-corrected chi connectivity index (χ3v) is 2.68. The number of hydrogen-bond donors (Lipinski definition) is 1. The Labute approximate surface area is 96.1 Å². The molecule has 3 heteroatoms. The van der Waals surface area contributed by atoms with Gasteiger partial charge >= 0.3 is 0 Å². The molecule has 0 fully saturated rings. The quantitative estimate of drug-likeness (QED) is 0.845. The van der Waals surface area contributed by atoms with Gasteiger partial charge in [-0.1, -0.05) is 30.3 Å². The average Bonchev–Trinajstić information content (AvgIpc) is 2.64. The Morgan fingerprint density at radius 3 is 2.69 bits per heavy atom. The summed E-state index contributed by atoms with van der Waals surface area (Å²) in [5.41, 5.74) is 2.53. The minimum Gasteiger partial charge on any atom is -0.327 e. The fourth-order valence-corrected chi connectivity index (χ4v) is 1.82. The number of aromatic nitrogens is 2. The lowest BCUT2D eigenvalue weighted by molar-refractivity contribution is 0.676. The van der Waals surface area contributed by atoms with Crippen LogP contribution in [-0.4, -0.2) is 16.6 Å². The predicted molar refractivity (Wildman–Crippen MR) is 65.3 cm³/mol. The highest BCUT2D eigenvalue weighted by molar-refractivity contribution is 5.17. The number of rotatable bonds is 4. The summed E-state index contributed by atoms with van der Waals surface area (Å²) >= 11 is 0. The summed E-state index contributed by atoms with van der Waals surface area (Å²) in [6.45, 7) is 3.79. The number of nitrogens with zero attached hydrogens (tertiary/aromatic N) is 2. The molecule has 1 aromatic carbocycles. The van der Waals surface area contributed by atoms with Crippen molar-refractivity contribution in [1.82, 2.24) is 14.9 Å². The van der Waals surface area contributed by atoms with Crippen molar-refractivity contribution in [3.05, 3.63) is 53.6 Å². The molecule has 1 N–H and O–H groups in total. The first-order chi connectivity index (χ1) is 7.81. The van der Waals surface area contributed by atoms with Crippen molar-refractivity contribution in [2.24, 2.45) is 0 Å². The molecule has 3 nitrogen and oxygen atoms in total. The Morgan fingerprint density at radius 2 is 2.00 bits per heavy atom. The monoisotopic (exact) mass is 215 g/mol. The van der Waals surface area contributed by atoms with Crippen LogP contribution in [0.5, 0.6) is 0 Å². The van der Waals surface area contributed by atoms with E-state index in [1.165, 1.54) is 11.3 Å². The van der Waals surface area contributed by atoms with Gasteiger partial charge in [0.05, 0.1) is 5.69 Å². The lowest BCUT2D eigenvalue weighted by Gasteiger charge is -2.10. The van der Waals surface area contributed by atoms with E-state index in [4.69, 9.17) is 0 Å². The van der Waals surface area contributed by atoms with Crippen LogP contribution >= 0.6 is 0 Å². The Morgan fingerprint density at radius 1 is 1.25 bits per heavy atom. The highest BCUT2D eigenvalue weighted by atomic mass is 15.1. The molecule has 0 aliphatic rings. The second kappa shape index (κ2) is 4.94. The zero-order valence-electron chi connectivity index (χ0n) is 9.77. The molecule has 0 unspecified atom stereocenters. The van der Waals surface area contributed by atoms with Crippen molar-refractivity contribution in [1.29, 1.82) is 0 Å². The number of nitrogens with one attached hydrogen (secondary N) is 1. The van der Waals surface area contributed by atoms with E-state index in [0.717, 1.165) is 18.9 Å². The summed E-state index contributed by atoms with van der Waals surface area (Å²) in [7, 11) is 1.95. The van der Waals surface area contributed by atoms with Crippen LogP contribution in [0.25, 0.3) is 0 Å². The van der Waals surface area contributed by atoms with Gasteiger partial charge in [-0.15, -0.1) is 0 Å². The molecule has 0 spiro atoms. The third kappa shape index (κ3) is 2.31. The Hall–Kier alpha value is -1.61. The molecular weight excluding hydrogens is 198 g/mol. The van der Waals surface area contributed by atoms with E-state index in [1.54, 1.807) is 0 Å². The summed E-state index contributed by atoms with van der Waals surface area (Å²) in [4.78, 5) is 4.35. The smallest absolute Gasteiger partial charge is 0.106 e. The van der Waals surface area contributed by atoms with Crippen molar-refractivity contribution in [2.45, 2.75) is 20.0 Å². The molecule has 0 aliphatic carbocycles. The summed E-state index contributed by atoms with van der Waals surface area (Å²) in [5.74, 6) is 1.06. The summed E-state index contributed by atoms with van der Waals surface area (Å²) in [6.07, 6.45) is 1.94. The summed E-state index contributed by atoms with van der Waals surface area (Å²) < 4.78 is 2.24. The van der Waals surface area contributed by atoms with Gasteiger partial charge in [-0.3, -0.25) is 0 Å². The van der Waals surface area contributed by atoms with Gasteiger partial charge in [-0.05, 0) is 19.5 Å². The van der Waals surface area contributed by atoms with Gasteiger partial charge in [0, 0.05) is 19.3 Å². The van der Waals surface area contributed by atoms with E-state index in [2.05, 4.69) is 39.1 Å². The van der Waals surface area contributed by atoms with Gasteiger partial charge in [0.2, 0.25) is 0 Å². The van der Waals surface area contributed by atoms with Crippen molar-refractivity contribution >= 4 is 0 Å². The molecule has 1 aromatic heterocycles. The maximum Gasteiger partial charge on any atom is 0.106 e. The zero-order chi connectivity index (χ0) is 11.4. The van der Waals surface area contributed by atoms with E-state index in [-0.39, 0.29) is 0 Å². The fourth-order valence-electron chi connectivity index (χ4n) is 1.82. The summed E-state index contributed by atoms with van der Waals surface area (Å²) in [6, 6.07) is 10.5. The normalized spacial score (nSPS) is 10.6. The summed E-state index contributed by atoms with van der Waals surface area (Å²) in [5, 5.41) is 3.16. The van der Waals surface area contributed by atoms with Crippen molar-refractivity contribution in [3.8, 4) is 0 Å². The molecule has 0 amide bonds. The highest BCUT2D eigenvalue weighted by Crippen LogP contribution is 2.09. The highest BCUT2D eigenvalue weighted by Gasteiger charge is 2.05. The predicted octanol–water partition coefficient (Wildman–Crippen LogP) is 1.96. The Kier molecular flexibility index (Phi) is 3.37. The third-order valence-electron chi connectivity index (χ3n) is 2.68. The topological polar surface area (TPSA) is 29.9 Å². The molecule has 16 heavy (non-hydrogen) atoms. The Bertz CT molecular complexity index is 445. The van der Waals surface area contributed by atoms with Crippen molar-refractivity contribution < 1.29 is 0 Å². The molecule has 2 rings (SSSR count). The molecule has 2 aromatic rings. The van der Waals surface area contributed by atoms with Crippen LogP contribution in [0, 0.1) is 6.92 Å². The van der Waals surface area contributed by atoms with E-state index in [1.807, 2.05) is 26.2 Å². The van der Waals surface area contributed by atoms with E-state index >= 15 is 0 Å². The molecular formula is C13H17N3. The standard InChI is InChI=1S/C13H17N3/c1-11-15-9-13(8-14-2)16(11)10-12-6-4-3-5-7-12/h3-7,9,14H,8,10H2,1-2H3. The van der Waals surface area contributed by atoms with Gasteiger partial charge in [-0.25, -0.2) is 4.98 Å². The maximum atomic E-state index is 4.35. The second-order valence-electron chi connectivity index (χ2n) is 3.90. The molecule has 0 atom stereocenters. The number of imidazole rings is 1. The molecule has 1 heterocycles. The molecule has 0 bridgehead atoms. The maximum absolute atomic E-state index is 4.35. The van der Waals surface area contributed by atoms with Crippen LogP contribution in [0.15, 0.2) is 36.5 Å². The van der Waals surface area contributed by atoms with Crippen LogP contribution in [0.2, 0.25) is 0 Å². The molecule has 84 valence electrons. The fraction of sp³-hybridized carbons (Fsp3) is 0.308. The van der Waals surface area contributed by atoms with E-state index in [9.17, 15) is 0 Å². The lowest BCUT2D eigenvalue weighted by atomic mass is 10.2. The molecule has 0 radical (unpaired) electrons. The first kappa shape index (κ1) is 10.9. The van der Waals surface area contributed by atoms with Crippen LogP contribution in [0.1, 0.15) is 17.1 Å². The molecule has 0 aliphatic heterocycles. The minimum absolute atomic E-state index is 0.855. The van der Waals surface area contributed by atoms with Crippen molar-refractivity contribution in [3.63, 3.8) is 0 Å². The van der Waals surface area contributed by atoms with Gasteiger partial charge in [0.1, 0.15) is 5.82 Å². The van der Waals surface area contributed by atoms with Crippen LogP contribution in [0.4, 0.5) is 0 Å². The van der Waals surface area contributed by atoms with Gasteiger partial charge in [0.15, 0.2) is 0 Å². The lowest BCUT2D eigenvalue weighted by Crippen LogP contribution is -2.12. The molecule has 0 saturated heterocycles. The van der Waals surface area contributed by atoms with E-state index in [0.29, 0.717) is 0 Å². The van der Waals surface area contributed by atoms with Crippen molar-refractivity contribution in [2.75, 3.05) is 7.05 Å². The number of hydrogen-bond acceptors (Lipinski definition) is 2. The van der Waals surface area contributed by atoms with Gasteiger partial charge in [0.25, 0.3) is 0 Å². The number of aryl methyl sites for hydroxylation is 1. The van der Waals surface area contributed by atoms with Crippen LogP contribution < -0.4 is 5.32 Å². The van der Waals surface area contributed by atoms with Crippen LogP contribution in [0.3, 0.4) is 0 Å². The molecule has 0 saturated carbocycles. The number of benzene rings is 1. The van der Waals surface area contributed by atoms with E-state index < -0.39 is 0 Å². The average molecular weight is 215 g/mol. The Balaban J connectivity index is 2.23. The second-order valence-corrected chi connectivity index (χ2v) is 3.90. The largest absolute Gasteiger partial charge is 0.327 e. The van der Waals surface area contributed by atoms with Gasteiger partial charge < -0.3 is 9.88 Å². The first-order valence-corrected chi connectivity index (χ1v) is 5.51. The first-order valence-electron chi connectivity index (χ1n) is 5.51. The SMILES string of the molecule is CNCc1cnc(C)n1Cc1ccccc1. The zero-order valence-corrected chi connectivity index (χ0v) is 9.77. The van der Waals surface area contributed by atoms with Crippen LogP contribution in [-0.2, 0) is 13.1 Å². The minimum atomic E-state index is 0.855. The van der Waals surface area contributed by atoms with Gasteiger partial charge in [-0.2, -0.15) is 0 Å².